The molecule has 0 saturated carbocycles. The Morgan fingerprint density at radius 3 is 2.94 bits per heavy atom. The maximum absolute atomic E-state index is 11.7. The van der Waals surface area contributed by atoms with E-state index in [1.807, 2.05) is 25.1 Å². The van der Waals surface area contributed by atoms with E-state index in [0.717, 1.165) is 5.69 Å². The number of ether oxygens (including phenoxy) is 1. The Kier molecular flexibility index (Phi) is 5.59. The molecular weight excluding hydrogens is 218 g/mol. The largest absolute Gasteiger partial charge is 0.385 e. The standard InChI is InChI=1S/C12H19N3O2/c1-9(11-5-3-4-7-14-11)15-12(16)10(13)6-8-17-2/h3-5,7,9-10H,6,8,13H2,1-2H3,(H,15,16). The van der Waals surface area contributed by atoms with E-state index >= 15 is 0 Å². The van der Waals surface area contributed by atoms with Crippen molar-refractivity contribution in [1.29, 1.82) is 0 Å². The van der Waals surface area contributed by atoms with Gasteiger partial charge in [-0.25, -0.2) is 0 Å². The number of hydrogen-bond acceptors (Lipinski definition) is 4. The van der Waals surface area contributed by atoms with Crippen molar-refractivity contribution in [1.82, 2.24) is 10.3 Å². The predicted octanol–water partition coefficient (Wildman–Crippen LogP) is 0.623. The quantitative estimate of drug-likeness (QED) is 0.760. The summed E-state index contributed by atoms with van der Waals surface area (Å²) in [5, 5.41) is 2.82. The van der Waals surface area contributed by atoms with Crippen LogP contribution in [0.5, 0.6) is 0 Å². The van der Waals surface area contributed by atoms with Gasteiger partial charge in [-0.3, -0.25) is 9.78 Å². The molecule has 5 nitrogen and oxygen atoms in total. The van der Waals surface area contributed by atoms with Gasteiger partial charge in [-0.1, -0.05) is 6.07 Å². The van der Waals surface area contributed by atoms with Crippen LogP contribution in [0.25, 0.3) is 0 Å². The third kappa shape index (κ3) is 4.50. The van der Waals surface area contributed by atoms with Crippen LogP contribution in [0.3, 0.4) is 0 Å². The summed E-state index contributed by atoms with van der Waals surface area (Å²) >= 11 is 0. The molecule has 1 heterocycles. The van der Waals surface area contributed by atoms with Crippen molar-refractivity contribution >= 4 is 5.91 Å². The SMILES string of the molecule is COCCC(N)C(=O)NC(C)c1ccccn1. The molecule has 0 aliphatic heterocycles. The third-order valence-corrected chi connectivity index (χ3v) is 2.46. The van der Waals surface area contributed by atoms with E-state index in [2.05, 4.69) is 10.3 Å². The minimum atomic E-state index is -0.541. The highest BCUT2D eigenvalue weighted by molar-refractivity contribution is 5.81. The van der Waals surface area contributed by atoms with Gasteiger partial charge in [0.25, 0.3) is 0 Å². The maximum atomic E-state index is 11.7. The zero-order valence-corrected chi connectivity index (χ0v) is 10.2. The van der Waals surface area contributed by atoms with Crippen LogP contribution in [0, 0.1) is 0 Å². The molecule has 3 N–H and O–H groups in total. The Morgan fingerprint density at radius 1 is 1.59 bits per heavy atom. The summed E-state index contributed by atoms with van der Waals surface area (Å²) in [6, 6.07) is 4.91. The number of carbonyl (C=O) groups is 1. The van der Waals surface area contributed by atoms with E-state index in [0.29, 0.717) is 13.0 Å². The first-order valence-corrected chi connectivity index (χ1v) is 5.61. The van der Waals surface area contributed by atoms with E-state index in [-0.39, 0.29) is 11.9 Å². The van der Waals surface area contributed by atoms with Crippen molar-refractivity contribution in [2.24, 2.45) is 5.73 Å². The zero-order chi connectivity index (χ0) is 12.7. The summed E-state index contributed by atoms with van der Waals surface area (Å²) < 4.78 is 4.88. The van der Waals surface area contributed by atoms with Crippen molar-refractivity contribution in [2.75, 3.05) is 13.7 Å². The first-order valence-electron chi connectivity index (χ1n) is 5.61. The number of hydrogen-bond donors (Lipinski definition) is 2. The summed E-state index contributed by atoms with van der Waals surface area (Å²) in [6.45, 7) is 2.36. The Balaban J connectivity index is 2.46. The van der Waals surface area contributed by atoms with Crippen LogP contribution in [0.4, 0.5) is 0 Å². The van der Waals surface area contributed by atoms with Crippen LogP contribution >= 0.6 is 0 Å². The number of nitrogens with two attached hydrogens (primary N) is 1. The fourth-order valence-electron chi connectivity index (χ4n) is 1.40. The topological polar surface area (TPSA) is 77.2 Å². The molecule has 0 fully saturated rings. The van der Waals surface area contributed by atoms with Crippen molar-refractivity contribution in [2.45, 2.75) is 25.4 Å². The molecule has 94 valence electrons. The number of methoxy groups -OCH3 is 1. The molecule has 0 bridgehead atoms. The van der Waals surface area contributed by atoms with E-state index in [1.54, 1.807) is 13.3 Å². The van der Waals surface area contributed by atoms with Crippen LogP contribution < -0.4 is 11.1 Å². The fourth-order valence-corrected chi connectivity index (χ4v) is 1.40. The summed E-state index contributed by atoms with van der Waals surface area (Å²) in [4.78, 5) is 15.9. The Hall–Kier alpha value is -1.46. The number of amides is 1. The highest BCUT2D eigenvalue weighted by Gasteiger charge is 2.16. The van der Waals surface area contributed by atoms with Gasteiger partial charge in [0, 0.05) is 19.9 Å². The van der Waals surface area contributed by atoms with Gasteiger partial charge in [0.15, 0.2) is 0 Å². The van der Waals surface area contributed by atoms with Gasteiger partial charge in [-0.05, 0) is 25.5 Å². The Morgan fingerprint density at radius 2 is 2.35 bits per heavy atom. The van der Waals surface area contributed by atoms with E-state index < -0.39 is 6.04 Å². The molecule has 5 heteroatoms. The second kappa shape index (κ2) is 6.98. The summed E-state index contributed by atoms with van der Waals surface area (Å²) in [5.74, 6) is -0.180. The van der Waals surface area contributed by atoms with Gasteiger partial charge in [-0.2, -0.15) is 0 Å². The molecule has 0 saturated heterocycles. The lowest BCUT2D eigenvalue weighted by atomic mass is 10.1. The third-order valence-electron chi connectivity index (χ3n) is 2.46. The zero-order valence-electron chi connectivity index (χ0n) is 10.2. The number of pyridine rings is 1. The molecular formula is C12H19N3O2. The molecule has 2 unspecified atom stereocenters. The van der Waals surface area contributed by atoms with Crippen molar-refractivity contribution < 1.29 is 9.53 Å². The molecule has 0 aromatic carbocycles. The smallest absolute Gasteiger partial charge is 0.237 e. The van der Waals surface area contributed by atoms with E-state index in [1.165, 1.54) is 0 Å². The number of nitrogens with zero attached hydrogens (tertiary/aromatic N) is 1. The molecule has 1 amide bonds. The average Bonchev–Trinajstić information content (AvgIpc) is 2.36. The molecule has 0 aliphatic rings. The lowest BCUT2D eigenvalue weighted by Gasteiger charge is -2.16. The highest BCUT2D eigenvalue weighted by atomic mass is 16.5. The van der Waals surface area contributed by atoms with Gasteiger partial charge in [0.05, 0.1) is 17.8 Å². The minimum absolute atomic E-state index is 0.141. The number of carbonyl (C=O) groups excluding carboxylic acids is 1. The van der Waals surface area contributed by atoms with Crippen LogP contribution in [0.2, 0.25) is 0 Å². The van der Waals surface area contributed by atoms with E-state index in [4.69, 9.17) is 10.5 Å². The van der Waals surface area contributed by atoms with Crippen LogP contribution in [-0.2, 0) is 9.53 Å². The second-order valence-electron chi connectivity index (χ2n) is 3.87. The molecule has 0 spiro atoms. The molecule has 0 aliphatic carbocycles. The monoisotopic (exact) mass is 237 g/mol. The number of nitrogens with one attached hydrogen (secondary N) is 1. The number of aromatic nitrogens is 1. The summed E-state index contributed by atoms with van der Waals surface area (Å²) in [6.07, 6.45) is 2.21. The first-order chi connectivity index (χ1) is 8.15. The minimum Gasteiger partial charge on any atom is -0.385 e. The second-order valence-corrected chi connectivity index (χ2v) is 3.87. The van der Waals surface area contributed by atoms with Crippen molar-refractivity contribution in [3.63, 3.8) is 0 Å². The van der Waals surface area contributed by atoms with Gasteiger partial charge in [-0.15, -0.1) is 0 Å². The van der Waals surface area contributed by atoms with Gasteiger partial charge in [0.2, 0.25) is 5.91 Å². The molecule has 1 aromatic rings. The fraction of sp³-hybridized carbons (Fsp3) is 0.500. The van der Waals surface area contributed by atoms with Gasteiger partial charge < -0.3 is 15.8 Å². The van der Waals surface area contributed by atoms with Crippen molar-refractivity contribution in [3.05, 3.63) is 30.1 Å². The van der Waals surface area contributed by atoms with Crippen LogP contribution in [0.1, 0.15) is 25.1 Å². The average molecular weight is 237 g/mol. The first kappa shape index (κ1) is 13.6. The normalized spacial score (nSPS) is 14.1. The van der Waals surface area contributed by atoms with Gasteiger partial charge in [0.1, 0.15) is 0 Å². The molecule has 0 radical (unpaired) electrons. The maximum Gasteiger partial charge on any atom is 0.237 e. The Labute approximate surface area is 101 Å². The summed E-state index contributed by atoms with van der Waals surface area (Å²) in [7, 11) is 1.58. The Bertz CT molecular complexity index is 343. The highest BCUT2D eigenvalue weighted by Crippen LogP contribution is 2.07. The molecule has 1 rings (SSSR count). The van der Waals surface area contributed by atoms with Crippen LogP contribution in [0.15, 0.2) is 24.4 Å². The van der Waals surface area contributed by atoms with Crippen molar-refractivity contribution in [3.8, 4) is 0 Å². The van der Waals surface area contributed by atoms with E-state index in [9.17, 15) is 4.79 Å². The lowest BCUT2D eigenvalue weighted by molar-refractivity contribution is -0.123. The lowest BCUT2D eigenvalue weighted by Crippen LogP contribution is -2.42. The number of rotatable bonds is 6. The molecule has 17 heavy (non-hydrogen) atoms. The van der Waals surface area contributed by atoms with Gasteiger partial charge >= 0.3 is 0 Å². The summed E-state index contributed by atoms with van der Waals surface area (Å²) in [5.41, 5.74) is 6.54. The molecule has 1 aromatic heterocycles. The predicted molar refractivity (Wildman–Crippen MR) is 65.3 cm³/mol. The van der Waals surface area contributed by atoms with Crippen LogP contribution in [-0.4, -0.2) is 30.6 Å². The molecule has 2 atom stereocenters.